The van der Waals surface area contributed by atoms with E-state index in [0.29, 0.717) is 0 Å². The Hall–Kier alpha value is -1.06. The van der Waals surface area contributed by atoms with Gasteiger partial charge in [-0.15, -0.1) is 0 Å². The van der Waals surface area contributed by atoms with Crippen molar-refractivity contribution >= 4 is 17.6 Å². The van der Waals surface area contributed by atoms with Gasteiger partial charge in [-0.1, -0.05) is 30.7 Å². The second-order valence-corrected chi connectivity index (χ2v) is 4.25. The molecule has 0 saturated carbocycles. The first-order valence-electron chi connectivity index (χ1n) is 5.73. The lowest BCUT2D eigenvalue weighted by molar-refractivity contribution is -0.143. The van der Waals surface area contributed by atoms with Gasteiger partial charge in [-0.25, -0.2) is 0 Å². The third-order valence-corrected chi connectivity index (χ3v) is 2.86. The number of carbonyl (C=O) groups is 1. The molecule has 1 N–H and O–H groups in total. The molecule has 0 saturated heterocycles. The Balaban J connectivity index is 2.36. The van der Waals surface area contributed by atoms with Crippen LogP contribution >= 0.6 is 11.6 Å². The third-order valence-electron chi connectivity index (χ3n) is 2.61. The minimum absolute atomic E-state index is 0.205. The second kappa shape index (κ2) is 7.30. The number of hydrogen-bond donors (Lipinski definition) is 1. The van der Waals surface area contributed by atoms with Gasteiger partial charge in [-0.2, -0.15) is 0 Å². The monoisotopic (exact) mass is 255 g/mol. The molecule has 1 atom stereocenters. The number of nitrogens with one attached hydrogen (secondary N) is 1. The van der Waals surface area contributed by atoms with Crippen molar-refractivity contribution in [1.29, 1.82) is 0 Å². The van der Waals surface area contributed by atoms with Crippen LogP contribution in [0.25, 0.3) is 0 Å². The van der Waals surface area contributed by atoms with Crippen molar-refractivity contribution in [3.8, 4) is 0 Å². The molecule has 1 aromatic rings. The summed E-state index contributed by atoms with van der Waals surface area (Å²) in [6.45, 7) is 2.70. The van der Waals surface area contributed by atoms with Crippen molar-refractivity contribution in [2.45, 2.75) is 25.8 Å². The minimum atomic E-state index is -0.215. The van der Waals surface area contributed by atoms with Gasteiger partial charge in [0, 0.05) is 5.02 Å². The molecule has 0 radical (unpaired) electrons. The number of rotatable bonds is 6. The largest absolute Gasteiger partial charge is 0.468 e. The SMILES string of the molecule is CCC(NCCc1ccc(Cl)cc1)C(=O)OC. The molecule has 0 aliphatic rings. The van der Waals surface area contributed by atoms with Gasteiger partial charge in [-0.3, -0.25) is 4.79 Å². The summed E-state index contributed by atoms with van der Waals surface area (Å²) in [5.41, 5.74) is 1.20. The number of carbonyl (C=O) groups excluding carboxylic acids is 1. The molecule has 4 heteroatoms. The lowest BCUT2D eigenvalue weighted by atomic mass is 10.1. The molecule has 3 nitrogen and oxygen atoms in total. The van der Waals surface area contributed by atoms with Gasteiger partial charge in [0.1, 0.15) is 6.04 Å². The summed E-state index contributed by atoms with van der Waals surface area (Å²) < 4.78 is 4.70. The van der Waals surface area contributed by atoms with Crippen LogP contribution in [-0.4, -0.2) is 25.7 Å². The molecule has 94 valence electrons. The summed E-state index contributed by atoms with van der Waals surface area (Å²) in [7, 11) is 1.41. The number of hydrogen-bond acceptors (Lipinski definition) is 3. The molecule has 0 amide bonds. The Kier molecular flexibility index (Phi) is 6.01. The van der Waals surface area contributed by atoms with E-state index in [4.69, 9.17) is 16.3 Å². The molecular formula is C13H18ClNO2. The Morgan fingerprint density at radius 3 is 2.59 bits per heavy atom. The van der Waals surface area contributed by atoms with Crippen molar-refractivity contribution < 1.29 is 9.53 Å². The molecule has 0 fully saturated rings. The summed E-state index contributed by atoms with van der Waals surface area (Å²) in [5.74, 6) is -0.205. The van der Waals surface area contributed by atoms with E-state index in [-0.39, 0.29) is 12.0 Å². The van der Waals surface area contributed by atoms with Crippen LogP contribution in [0.15, 0.2) is 24.3 Å². The van der Waals surface area contributed by atoms with Crippen molar-refractivity contribution in [2.24, 2.45) is 0 Å². The van der Waals surface area contributed by atoms with Gasteiger partial charge in [0.2, 0.25) is 0 Å². The third kappa shape index (κ3) is 4.75. The molecule has 1 rings (SSSR count). The Bertz CT molecular complexity index is 351. The molecule has 1 aromatic carbocycles. The molecule has 0 aliphatic carbocycles. The van der Waals surface area contributed by atoms with Crippen LogP contribution in [0.4, 0.5) is 0 Å². The van der Waals surface area contributed by atoms with Gasteiger partial charge in [0.05, 0.1) is 7.11 Å². The maximum atomic E-state index is 11.3. The number of esters is 1. The first kappa shape index (κ1) is 14.0. The number of benzene rings is 1. The number of halogens is 1. The Morgan fingerprint density at radius 2 is 2.06 bits per heavy atom. The lowest BCUT2D eigenvalue weighted by Crippen LogP contribution is -2.38. The molecular weight excluding hydrogens is 238 g/mol. The maximum Gasteiger partial charge on any atom is 0.322 e. The molecule has 0 spiro atoms. The fraction of sp³-hybridized carbons (Fsp3) is 0.462. The topological polar surface area (TPSA) is 38.3 Å². The second-order valence-electron chi connectivity index (χ2n) is 3.81. The minimum Gasteiger partial charge on any atom is -0.468 e. The van der Waals surface area contributed by atoms with E-state index in [2.05, 4.69) is 5.32 Å². The van der Waals surface area contributed by atoms with E-state index in [0.717, 1.165) is 24.4 Å². The highest BCUT2D eigenvalue weighted by molar-refractivity contribution is 6.30. The van der Waals surface area contributed by atoms with Gasteiger partial charge in [0.15, 0.2) is 0 Å². The Morgan fingerprint density at radius 1 is 1.41 bits per heavy atom. The predicted molar refractivity (Wildman–Crippen MR) is 69.3 cm³/mol. The Labute approximate surface area is 107 Å². The van der Waals surface area contributed by atoms with Crippen LogP contribution in [0.3, 0.4) is 0 Å². The molecule has 17 heavy (non-hydrogen) atoms. The fourth-order valence-electron chi connectivity index (χ4n) is 1.58. The van der Waals surface area contributed by atoms with E-state index >= 15 is 0 Å². The van der Waals surface area contributed by atoms with Crippen LogP contribution in [0.2, 0.25) is 5.02 Å². The van der Waals surface area contributed by atoms with Crippen LogP contribution in [0, 0.1) is 0 Å². The highest BCUT2D eigenvalue weighted by atomic mass is 35.5. The van der Waals surface area contributed by atoms with E-state index in [1.165, 1.54) is 12.7 Å². The van der Waals surface area contributed by atoms with Gasteiger partial charge in [-0.05, 0) is 37.1 Å². The molecule has 1 unspecified atom stereocenters. The first-order chi connectivity index (χ1) is 8.17. The van der Waals surface area contributed by atoms with Crippen LogP contribution in [0.5, 0.6) is 0 Å². The van der Waals surface area contributed by atoms with Crippen molar-refractivity contribution in [3.63, 3.8) is 0 Å². The number of methoxy groups -OCH3 is 1. The average molecular weight is 256 g/mol. The zero-order valence-electron chi connectivity index (χ0n) is 10.2. The zero-order chi connectivity index (χ0) is 12.7. The van der Waals surface area contributed by atoms with E-state index < -0.39 is 0 Å². The molecule has 0 aliphatic heterocycles. The van der Waals surface area contributed by atoms with E-state index in [9.17, 15) is 4.79 Å². The van der Waals surface area contributed by atoms with Crippen molar-refractivity contribution in [2.75, 3.05) is 13.7 Å². The first-order valence-corrected chi connectivity index (χ1v) is 6.10. The summed E-state index contributed by atoms with van der Waals surface area (Å²) in [4.78, 5) is 11.3. The maximum absolute atomic E-state index is 11.3. The van der Waals surface area contributed by atoms with Crippen LogP contribution in [-0.2, 0) is 16.0 Å². The number of ether oxygens (including phenoxy) is 1. The lowest BCUT2D eigenvalue weighted by Gasteiger charge is -2.14. The zero-order valence-corrected chi connectivity index (χ0v) is 11.0. The molecule has 0 heterocycles. The summed E-state index contributed by atoms with van der Waals surface area (Å²) in [6.07, 6.45) is 1.60. The summed E-state index contributed by atoms with van der Waals surface area (Å²) in [5, 5.41) is 3.91. The van der Waals surface area contributed by atoms with Crippen LogP contribution < -0.4 is 5.32 Å². The van der Waals surface area contributed by atoms with E-state index in [1.54, 1.807) is 0 Å². The summed E-state index contributed by atoms with van der Waals surface area (Å²) >= 11 is 5.80. The smallest absolute Gasteiger partial charge is 0.322 e. The van der Waals surface area contributed by atoms with Crippen molar-refractivity contribution in [1.82, 2.24) is 5.32 Å². The van der Waals surface area contributed by atoms with Gasteiger partial charge in [0.25, 0.3) is 0 Å². The molecule has 0 aromatic heterocycles. The van der Waals surface area contributed by atoms with E-state index in [1.807, 2.05) is 31.2 Å². The average Bonchev–Trinajstić information content (AvgIpc) is 2.36. The van der Waals surface area contributed by atoms with Crippen LogP contribution in [0.1, 0.15) is 18.9 Å². The summed E-state index contributed by atoms with van der Waals surface area (Å²) in [6, 6.07) is 7.50. The predicted octanol–water partition coefficient (Wildman–Crippen LogP) is 2.42. The molecule has 0 bridgehead atoms. The van der Waals surface area contributed by atoms with Gasteiger partial charge >= 0.3 is 5.97 Å². The fourth-order valence-corrected chi connectivity index (χ4v) is 1.70. The standard InChI is InChI=1S/C13H18ClNO2/c1-3-12(13(16)17-2)15-9-8-10-4-6-11(14)7-5-10/h4-7,12,15H,3,8-9H2,1-2H3. The highest BCUT2D eigenvalue weighted by Crippen LogP contribution is 2.09. The van der Waals surface area contributed by atoms with Crippen molar-refractivity contribution in [3.05, 3.63) is 34.9 Å². The normalized spacial score (nSPS) is 12.2. The van der Waals surface area contributed by atoms with Gasteiger partial charge < -0.3 is 10.1 Å². The quantitative estimate of drug-likeness (QED) is 0.794. The highest BCUT2D eigenvalue weighted by Gasteiger charge is 2.15.